The molecule has 0 heterocycles. The second-order valence-electron chi connectivity index (χ2n) is 3.93. The summed E-state index contributed by atoms with van der Waals surface area (Å²) in [6.45, 7) is 2.64. The lowest BCUT2D eigenvalue weighted by atomic mass is 9.92. The molecule has 1 aromatic carbocycles. The summed E-state index contributed by atoms with van der Waals surface area (Å²) in [4.78, 5) is 0. The Kier molecular flexibility index (Phi) is 3.91. The van der Waals surface area contributed by atoms with Crippen LogP contribution >= 0.6 is 11.6 Å². The van der Waals surface area contributed by atoms with E-state index in [0.717, 1.165) is 0 Å². The Morgan fingerprint density at radius 1 is 1.00 bits per heavy atom. The van der Waals surface area contributed by atoms with E-state index in [1.807, 2.05) is 0 Å². The van der Waals surface area contributed by atoms with E-state index < -0.39 is 23.8 Å². The second kappa shape index (κ2) is 4.64. The molecule has 0 fully saturated rings. The van der Waals surface area contributed by atoms with Gasteiger partial charge in [0.05, 0.1) is 0 Å². The van der Waals surface area contributed by atoms with Crippen molar-refractivity contribution >= 4 is 11.6 Å². The molecule has 0 aliphatic heterocycles. The molecule has 0 nitrogen and oxygen atoms in total. The molecule has 0 N–H and O–H groups in total. The van der Waals surface area contributed by atoms with E-state index in [9.17, 15) is 26.3 Å². The SMILES string of the molecule is Cc1cc(C(F)(C(F)F)C(F)(F)F)cc(C)c1Cl. The Morgan fingerprint density at radius 3 is 1.67 bits per heavy atom. The van der Waals surface area contributed by atoms with Crippen LogP contribution in [-0.4, -0.2) is 12.6 Å². The third kappa shape index (κ3) is 2.30. The van der Waals surface area contributed by atoms with Crippen LogP contribution in [0.2, 0.25) is 5.02 Å². The molecular weight excluding hydrogens is 282 g/mol. The number of alkyl halides is 6. The van der Waals surface area contributed by atoms with Crippen molar-refractivity contribution in [2.24, 2.45) is 0 Å². The Hall–Kier alpha value is -0.910. The van der Waals surface area contributed by atoms with Crippen LogP contribution in [0.3, 0.4) is 0 Å². The molecule has 0 bridgehead atoms. The molecule has 102 valence electrons. The van der Waals surface area contributed by atoms with Crippen LogP contribution in [0, 0.1) is 13.8 Å². The van der Waals surface area contributed by atoms with Crippen LogP contribution in [0.5, 0.6) is 0 Å². The van der Waals surface area contributed by atoms with Crippen molar-refractivity contribution in [3.05, 3.63) is 33.8 Å². The summed E-state index contributed by atoms with van der Waals surface area (Å²) in [6, 6.07) is 1.38. The third-order valence-electron chi connectivity index (χ3n) is 2.57. The Labute approximate surface area is 105 Å². The van der Waals surface area contributed by atoms with Gasteiger partial charge in [-0.3, -0.25) is 0 Å². The van der Waals surface area contributed by atoms with E-state index in [-0.39, 0.29) is 16.1 Å². The van der Waals surface area contributed by atoms with Crippen LogP contribution < -0.4 is 0 Å². The zero-order valence-corrected chi connectivity index (χ0v) is 10.1. The average molecular weight is 291 g/mol. The van der Waals surface area contributed by atoms with Gasteiger partial charge in [-0.1, -0.05) is 23.7 Å². The first-order valence-electron chi connectivity index (χ1n) is 4.82. The highest BCUT2D eigenvalue weighted by Gasteiger charge is 2.64. The molecule has 1 aromatic rings. The van der Waals surface area contributed by atoms with Gasteiger partial charge in [0.15, 0.2) is 0 Å². The van der Waals surface area contributed by atoms with E-state index in [4.69, 9.17) is 11.6 Å². The fraction of sp³-hybridized carbons (Fsp3) is 0.455. The number of aryl methyl sites for hydroxylation is 2. The highest BCUT2D eigenvalue weighted by Crippen LogP contribution is 2.47. The summed E-state index contributed by atoms with van der Waals surface area (Å²) >= 11 is 5.70. The maximum atomic E-state index is 13.7. The van der Waals surface area contributed by atoms with E-state index in [2.05, 4.69) is 0 Å². The van der Waals surface area contributed by atoms with Crippen LogP contribution in [0.25, 0.3) is 0 Å². The quantitative estimate of drug-likeness (QED) is 0.676. The first-order chi connectivity index (χ1) is 8.01. The van der Waals surface area contributed by atoms with Crippen molar-refractivity contribution in [2.45, 2.75) is 32.1 Å². The smallest absolute Gasteiger partial charge is 0.222 e. The number of hydrogen-bond acceptors (Lipinski definition) is 0. The first-order valence-corrected chi connectivity index (χ1v) is 5.20. The zero-order valence-electron chi connectivity index (χ0n) is 9.38. The molecule has 18 heavy (non-hydrogen) atoms. The third-order valence-corrected chi connectivity index (χ3v) is 3.17. The van der Waals surface area contributed by atoms with Gasteiger partial charge in [0.1, 0.15) is 0 Å². The normalized spacial score (nSPS) is 15.9. The van der Waals surface area contributed by atoms with E-state index in [0.29, 0.717) is 12.1 Å². The predicted octanol–water partition coefficient (Wildman–Crippen LogP) is 4.95. The van der Waals surface area contributed by atoms with Crippen molar-refractivity contribution in [1.82, 2.24) is 0 Å². The fourth-order valence-corrected chi connectivity index (χ4v) is 1.68. The van der Waals surface area contributed by atoms with Crippen LogP contribution in [0.15, 0.2) is 12.1 Å². The second-order valence-corrected chi connectivity index (χ2v) is 4.31. The van der Waals surface area contributed by atoms with Gasteiger partial charge >= 0.3 is 6.18 Å². The van der Waals surface area contributed by atoms with Crippen LogP contribution in [0.4, 0.5) is 26.3 Å². The van der Waals surface area contributed by atoms with Gasteiger partial charge in [-0.2, -0.15) is 13.2 Å². The molecule has 0 saturated carbocycles. The van der Waals surface area contributed by atoms with E-state index in [1.165, 1.54) is 13.8 Å². The van der Waals surface area contributed by atoms with Gasteiger partial charge in [-0.15, -0.1) is 0 Å². The number of benzene rings is 1. The highest BCUT2D eigenvalue weighted by molar-refractivity contribution is 6.32. The molecule has 1 unspecified atom stereocenters. The van der Waals surface area contributed by atoms with E-state index >= 15 is 0 Å². The minimum atomic E-state index is -5.70. The molecule has 7 heteroatoms. The van der Waals surface area contributed by atoms with Crippen molar-refractivity contribution in [1.29, 1.82) is 0 Å². The summed E-state index contributed by atoms with van der Waals surface area (Å²) in [5, 5.41) is 0.123. The maximum Gasteiger partial charge on any atom is 0.432 e. The first kappa shape index (κ1) is 15.1. The van der Waals surface area contributed by atoms with Crippen molar-refractivity contribution in [3.63, 3.8) is 0 Å². The topological polar surface area (TPSA) is 0 Å². The van der Waals surface area contributed by atoms with Gasteiger partial charge in [-0.25, -0.2) is 13.2 Å². The minimum absolute atomic E-state index is 0.110. The Balaban J connectivity index is 3.51. The van der Waals surface area contributed by atoms with Gasteiger partial charge in [0, 0.05) is 10.6 Å². The largest absolute Gasteiger partial charge is 0.432 e. The molecule has 0 aliphatic carbocycles. The van der Waals surface area contributed by atoms with Gasteiger partial charge < -0.3 is 0 Å². The lowest BCUT2D eigenvalue weighted by molar-refractivity contribution is -0.274. The molecule has 0 spiro atoms. The summed E-state index contributed by atoms with van der Waals surface area (Å²) in [5.41, 5.74) is -5.60. The van der Waals surface area contributed by atoms with Crippen molar-refractivity contribution < 1.29 is 26.3 Å². The Bertz CT molecular complexity index is 430. The standard InChI is InChI=1S/C11H9ClF6/c1-5-3-7(4-6(2)8(5)12)10(15,9(13)14)11(16,17)18/h3-4,9H,1-2H3. The van der Waals surface area contributed by atoms with Gasteiger partial charge in [-0.05, 0) is 25.0 Å². The predicted molar refractivity (Wildman–Crippen MR) is 55.8 cm³/mol. The van der Waals surface area contributed by atoms with Gasteiger partial charge in [0.25, 0.3) is 12.1 Å². The number of rotatable bonds is 2. The molecular formula is C11H9ClF6. The molecule has 0 amide bonds. The average Bonchev–Trinajstić information content (AvgIpc) is 2.21. The summed E-state index contributed by atoms with van der Waals surface area (Å²) in [7, 11) is 0. The van der Waals surface area contributed by atoms with E-state index in [1.54, 1.807) is 0 Å². The molecule has 0 aromatic heterocycles. The zero-order chi connectivity index (χ0) is 14.3. The van der Waals surface area contributed by atoms with Crippen LogP contribution in [-0.2, 0) is 5.67 Å². The maximum absolute atomic E-state index is 13.7. The number of halogens is 7. The number of hydrogen-bond donors (Lipinski definition) is 0. The Morgan fingerprint density at radius 2 is 1.39 bits per heavy atom. The fourth-order valence-electron chi connectivity index (χ4n) is 1.57. The van der Waals surface area contributed by atoms with Crippen molar-refractivity contribution in [3.8, 4) is 0 Å². The molecule has 1 rings (SSSR count). The monoisotopic (exact) mass is 290 g/mol. The molecule has 0 radical (unpaired) electrons. The molecule has 1 atom stereocenters. The lowest BCUT2D eigenvalue weighted by Gasteiger charge is -2.28. The summed E-state index contributed by atoms with van der Waals surface area (Å²) in [6.07, 6.45) is -9.91. The highest BCUT2D eigenvalue weighted by atomic mass is 35.5. The molecule has 0 aliphatic rings. The summed E-state index contributed by atoms with van der Waals surface area (Å²) < 4.78 is 76.3. The van der Waals surface area contributed by atoms with Crippen LogP contribution in [0.1, 0.15) is 16.7 Å². The summed E-state index contributed by atoms with van der Waals surface area (Å²) in [5.74, 6) is 0. The lowest BCUT2D eigenvalue weighted by Crippen LogP contribution is -2.44. The van der Waals surface area contributed by atoms with Crippen molar-refractivity contribution in [2.75, 3.05) is 0 Å². The minimum Gasteiger partial charge on any atom is -0.222 e. The van der Waals surface area contributed by atoms with Gasteiger partial charge in [0.2, 0.25) is 0 Å². The molecule has 0 saturated heterocycles.